The van der Waals surface area contributed by atoms with Gasteiger partial charge in [0.1, 0.15) is 0 Å². The summed E-state index contributed by atoms with van der Waals surface area (Å²) in [5.74, 6) is 0. The zero-order valence-electron chi connectivity index (χ0n) is 13.2. The maximum Gasteiger partial charge on any atom is 0.0731 e. The standard InChI is InChI=1S/C18H28N2O/c1-2-19-13-15-7-3-4-8-16(15)14-20-11-12-21-18-10-6-5-9-17(18)20/h3-4,7-8,17-19H,2,5-6,9-14H2,1H3. The summed E-state index contributed by atoms with van der Waals surface area (Å²) < 4.78 is 5.99. The summed E-state index contributed by atoms with van der Waals surface area (Å²) in [6, 6.07) is 9.51. The highest BCUT2D eigenvalue weighted by Crippen LogP contribution is 2.29. The SMILES string of the molecule is CCNCc1ccccc1CN1CCOC2CCCCC21. The fourth-order valence-electron chi connectivity index (χ4n) is 3.74. The summed E-state index contributed by atoms with van der Waals surface area (Å²) in [6.45, 7) is 7.22. The van der Waals surface area contributed by atoms with Gasteiger partial charge in [0.15, 0.2) is 0 Å². The molecule has 116 valence electrons. The monoisotopic (exact) mass is 288 g/mol. The third kappa shape index (κ3) is 3.65. The highest BCUT2D eigenvalue weighted by atomic mass is 16.5. The molecule has 2 fully saturated rings. The molecule has 1 aliphatic heterocycles. The number of nitrogens with one attached hydrogen (secondary N) is 1. The molecule has 1 aromatic carbocycles. The zero-order valence-corrected chi connectivity index (χ0v) is 13.2. The van der Waals surface area contributed by atoms with Crippen LogP contribution < -0.4 is 5.32 Å². The first-order chi connectivity index (χ1) is 10.4. The molecule has 1 N–H and O–H groups in total. The molecule has 1 saturated carbocycles. The third-order valence-electron chi connectivity index (χ3n) is 4.90. The van der Waals surface area contributed by atoms with E-state index in [0.29, 0.717) is 12.1 Å². The Morgan fingerprint density at radius 1 is 1.19 bits per heavy atom. The van der Waals surface area contributed by atoms with Crippen LogP contribution in [0.1, 0.15) is 43.7 Å². The van der Waals surface area contributed by atoms with Crippen molar-refractivity contribution in [3.63, 3.8) is 0 Å². The van der Waals surface area contributed by atoms with Gasteiger partial charge < -0.3 is 10.1 Å². The minimum absolute atomic E-state index is 0.480. The van der Waals surface area contributed by atoms with Crippen LogP contribution in [0.15, 0.2) is 24.3 Å². The molecule has 0 radical (unpaired) electrons. The Balaban J connectivity index is 1.70. The molecular formula is C18H28N2O. The van der Waals surface area contributed by atoms with Gasteiger partial charge in [-0.05, 0) is 30.5 Å². The first kappa shape index (κ1) is 15.0. The topological polar surface area (TPSA) is 24.5 Å². The number of rotatable bonds is 5. The van der Waals surface area contributed by atoms with E-state index in [0.717, 1.165) is 32.8 Å². The fourth-order valence-corrected chi connectivity index (χ4v) is 3.74. The summed E-state index contributed by atoms with van der Waals surface area (Å²) in [4.78, 5) is 2.66. The molecule has 0 spiro atoms. The minimum atomic E-state index is 0.480. The van der Waals surface area contributed by atoms with E-state index in [1.54, 1.807) is 0 Å². The van der Waals surface area contributed by atoms with Gasteiger partial charge in [-0.25, -0.2) is 0 Å². The molecule has 3 rings (SSSR count). The van der Waals surface area contributed by atoms with Gasteiger partial charge in [-0.3, -0.25) is 4.90 Å². The summed E-state index contributed by atoms with van der Waals surface area (Å²) in [5, 5.41) is 3.46. The lowest BCUT2D eigenvalue weighted by Gasteiger charge is -2.44. The molecule has 2 unspecified atom stereocenters. The highest BCUT2D eigenvalue weighted by Gasteiger charge is 2.34. The highest BCUT2D eigenvalue weighted by molar-refractivity contribution is 5.27. The minimum Gasteiger partial charge on any atom is -0.375 e. The number of hydrogen-bond donors (Lipinski definition) is 1. The number of benzene rings is 1. The Bertz CT molecular complexity index is 447. The van der Waals surface area contributed by atoms with Gasteiger partial charge in [0.2, 0.25) is 0 Å². The molecule has 2 aliphatic rings. The van der Waals surface area contributed by atoms with E-state index in [1.807, 2.05) is 0 Å². The summed E-state index contributed by atoms with van der Waals surface area (Å²) >= 11 is 0. The Labute approximate surface area is 128 Å². The van der Waals surface area contributed by atoms with Crippen molar-refractivity contribution < 1.29 is 4.74 Å². The molecule has 1 aromatic rings. The van der Waals surface area contributed by atoms with Crippen LogP contribution in [-0.4, -0.2) is 36.7 Å². The van der Waals surface area contributed by atoms with Crippen LogP contribution in [0.25, 0.3) is 0 Å². The fraction of sp³-hybridized carbons (Fsp3) is 0.667. The maximum atomic E-state index is 5.99. The predicted octanol–water partition coefficient (Wildman–Crippen LogP) is 2.94. The molecule has 1 saturated heterocycles. The number of morpholine rings is 1. The van der Waals surface area contributed by atoms with Crippen molar-refractivity contribution in [2.24, 2.45) is 0 Å². The van der Waals surface area contributed by atoms with Crippen LogP contribution >= 0.6 is 0 Å². The second-order valence-electron chi connectivity index (χ2n) is 6.28. The number of ether oxygens (including phenoxy) is 1. The average Bonchev–Trinajstić information content (AvgIpc) is 2.54. The van der Waals surface area contributed by atoms with E-state index < -0.39 is 0 Å². The van der Waals surface area contributed by atoms with E-state index in [9.17, 15) is 0 Å². The van der Waals surface area contributed by atoms with Crippen molar-refractivity contribution >= 4 is 0 Å². The van der Waals surface area contributed by atoms with Crippen LogP contribution in [0.3, 0.4) is 0 Å². The van der Waals surface area contributed by atoms with Crippen molar-refractivity contribution in [2.75, 3.05) is 19.7 Å². The van der Waals surface area contributed by atoms with Crippen LogP contribution in [0, 0.1) is 0 Å². The third-order valence-corrected chi connectivity index (χ3v) is 4.90. The lowest BCUT2D eigenvalue weighted by Crippen LogP contribution is -2.52. The molecule has 21 heavy (non-hydrogen) atoms. The Hall–Kier alpha value is -0.900. The van der Waals surface area contributed by atoms with E-state index in [4.69, 9.17) is 4.74 Å². The lowest BCUT2D eigenvalue weighted by atomic mass is 9.89. The summed E-state index contributed by atoms with van der Waals surface area (Å²) in [6.07, 6.45) is 5.74. The average molecular weight is 288 g/mol. The first-order valence-corrected chi connectivity index (χ1v) is 8.51. The van der Waals surface area contributed by atoms with Gasteiger partial charge in [0.05, 0.1) is 12.7 Å². The lowest BCUT2D eigenvalue weighted by molar-refractivity contribution is -0.0911. The van der Waals surface area contributed by atoms with Crippen molar-refractivity contribution in [3.05, 3.63) is 35.4 Å². The maximum absolute atomic E-state index is 5.99. The molecule has 2 atom stereocenters. The van der Waals surface area contributed by atoms with Crippen molar-refractivity contribution in [2.45, 2.75) is 57.8 Å². The Morgan fingerprint density at radius 3 is 2.86 bits per heavy atom. The Morgan fingerprint density at radius 2 is 2.00 bits per heavy atom. The van der Waals surface area contributed by atoms with Gasteiger partial charge in [-0.2, -0.15) is 0 Å². The van der Waals surface area contributed by atoms with Gasteiger partial charge in [0, 0.05) is 25.7 Å². The van der Waals surface area contributed by atoms with Gasteiger partial charge in [0.25, 0.3) is 0 Å². The molecule has 0 amide bonds. The smallest absolute Gasteiger partial charge is 0.0731 e. The van der Waals surface area contributed by atoms with E-state index in [1.165, 1.54) is 36.8 Å². The second-order valence-corrected chi connectivity index (χ2v) is 6.28. The second kappa shape index (κ2) is 7.39. The van der Waals surface area contributed by atoms with Crippen LogP contribution in [0.4, 0.5) is 0 Å². The quantitative estimate of drug-likeness (QED) is 0.901. The van der Waals surface area contributed by atoms with Crippen molar-refractivity contribution in [3.8, 4) is 0 Å². The predicted molar refractivity (Wildman–Crippen MR) is 86.2 cm³/mol. The van der Waals surface area contributed by atoms with Crippen LogP contribution in [-0.2, 0) is 17.8 Å². The number of hydrogen-bond acceptors (Lipinski definition) is 3. The molecule has 0 aromatic heterocycles. The Kier molecular flexibility index (Phi) is 5.28. The summed E-state index contributed by atoms with van der Waals surface area (Å²) in [5.41, 5.74) is 2.92. The van der Waals surface area contributed by atoms with E-state index in [-0.39, 0.29) is 0 Å². The van der Waals surface area contributed by atoms with Gasteiger partial charge in [-0.15, -0.1) is 0 Å². The molecule has 3 heteroatoms. The van der Waals surface area contributed by atoms with Crippen LogP contribution in [0.2, 0.25) is 0 Å². The van der Waals surface area contributed by atoms with Crippen LogP contribution in [0.5, 0.6) is 0 Å². The largest absolute Gasteiger partial charge is 0.375 e. The van der Waals surface area contributed by atoms with Gasteiger partial charge in [-0.1, -0.05) is 44.0 Å². The molecule has 1 heterocycles. The first-order valence-electron chi connectivity index (χ1n) is 8.51. The van der Waals surface area contributed by atoms with Crippen molar-refractivity contribution in [1.29, 1.82) is 0 Å². The van der Waals surface area contributed by atoms with E-state index >= 15 is 0 Å². The molecular weight excluding hydrogens is 260 g/mol. The number of nitrogens with zero attached hydrogens (tertiary/aromatic N) is 1. The molecule has 3 nitrogen and oxygen atoms in total. The van der Waals surface area contributed by atoms with Gasteiger partial charge >= 0.3 is 0 Å². The molecule has 0 bridgehead atoms. The summed E-state index contributed by atoms with van der Waals surface area (Å²) in [7, 11) is 0. The van der Waals surface area contributed by atoms with E-state index in [2.05, 4.69) is 41.4 Å². The molecule has 1 aliphatic carbocycles. The zero-order chi connectivity index (χ0) is 14.5. The normalized spacial score (nSPS) is 26.5. The van der Waals surface area contributed by atoms with Crippen molar-refractivity contribution in [1.82, 2.24) is 10.2 Å². The number of fused-ring (bicyclic) bond motifs is 1.